The van der Waals surface area contributed by atoms with Crippen LogP contribution in [0.2, 0.25) is 0 Å². The highest BCUT2D eigenvalue weighted by Crippen LogP contribution is 2.38. The highest BCUT2D eigenvalue weighted by atomic mass is 32.1. The molecule has 0 bridgehead atoms. The van der Waals surface area contributed by atoms with E-state index in [-0.39, 0.29) is 5.78 Å². The van der Waals surface area contributed by atoms with E-state index in [1.165, 1.54) is 29.0 Å². The lowest BCUT2D eigenvalue weighted by Gasteiger charge is -2.27. The van der Waals surface area contributed by atoms with E-state index in [9.17, 15) is 4.79 Å². The fourth-order valence-electron chi connectivity index (χ4n) is 2.94. The number of thiophene rings is 1. The summed E-state index contributed by atoms with van der Waals surface area (Å²) in [5, 5.41) is 0. The van der Waals surface area contributed by atoms with Crippen LogP contribution in [0.3, 0.4) is 0 Å². The third-order valence-electron chi connectivity index (χ3n) is 4.36. The van der Waals surface area contributed by atoms with Gasteiger partial charge in [-0.1, -0.05) is 0 Å². The van der Waals surface area contributed by atoms with Crippen LogP contribution in [0.25, 0.3) is 0 Å². The van der Waals surface area contributed by atoms with Crippen LogP contribution in [0.5, 0.6) is 0 Å². The Morgan fingerprint density at radius 2 is 2.27 bits per heavy atom. The minimum atomic E-state index is 0.154. The summed E-state index contributed by atoms with van der Waals surface area (Å²) in [5.41, 5.74) is 2.50. The van der Waals surface area contributed by atoms with Crippen molar-refractivity contribution in [2.75, 3.05) is 6.54 Å². The standard InChI is InChI=1S/C17H19N3OS/c1-11(21)16-5-4-14(22-16)10-20-7-6-15-13(9-20)8-18-17(19-15)12-2-3-12/h4-5,8,12H,2-3,6-7,9-10H2,1H3. The van der Waals surface area contributed by atoms with E-state index in [4.69, 9.17) is 4.98 Å². The van der Waals surface area contributed by atoms with E-state index in [1.807, 2.05) is 12.3 Å². The van der Waals surface area contributed by atoms with E-state index in [1.54, 1.807) is 18.3 Å². The second kappa shape index (κ2) is 5.56. The molecule has 0 aromatic carbocycles. The Labute approximate surface area is 134 Å². The summed E-state index contributed by atoms with van der Waals surface area (Å²) >= 11 is 1.61. The molecule has 0 radical (unpaired) electrons. The highest BCUT2D eigenvalue weighted by Gasteiger charge is 2.28. The van der Waals surface area contributed by atoms with Crippen LogP contribution in [0.1, 0.15) is 57.3 Å². The summed E-state index contributed by atoms with van der Waals surface area (Å²) in [6.07, 6.45) is 5.53. The predicted molar refractivity (Wildman–Crippen MR) is 86.1 cm³/mol. The minimum absolute atomic E-state index is 0.154. The molecule has 5 heteroatoms. The molecule has 1 aliphatic heterocycles. The smallest absolute Gasteiger partial charge is 0.169 e. The van der Waals surface area contributed by atoms with E-state index in [0.717, 1.165) is 36.8 Å². The first-order valence-electron chi connectivity index (χ1n) is 7.86. The number of ketones is 1. The fourth-order valence-corrected chi connectivity index (χ4v) is 3.88. The van der Waals surface area contributed by atoms with Crippen molar-refractivity contribution < 1.29 is 4.79 Å². The first-order valence-corrected chi connectivity index (χ1v) is 8.67. The molecule has 22 heavy (non-hydrogen) atoms. The number of hydrogen-bond donors (Lipinski definition) is 0. The topological polar surface area (TPSA) is 46.1 Å². The average Bonchev–Trinajstić information content (AvgIpc) is 3.26. The van der Waals surface area contributed by atoms with Gasteiger partial charge in [0.1, 0.15) is 5.82 Å². The van der Waals surface area contributed by atoms with Gasteiger partial charge in [0, 0.05) is 54.3 Å². The first kappa shape index (κ1) is 14.0. The SMILES string of the molecule is CC(=O)c1ccc(CN2CCc3nc(C4CC4)ncc3C2)s1. The van der Waals surface area contributed by atoms with Gasteiger partial charge in [0.05, 0.1) is 4.88 Å². The van der Waals surface area contributed by atoms with Gasteiger partial charge >= 0.3 is 0 Å². The number of fused-ring (bicyclic) bond motifs is 1. The molecule has 0 spiro atoms. The summed E-state index contributed by atoms with van der Waals surface area (Å²) in [6, 6.07) is 4.01. The minimum Gasteiger partial charge on any atom is -0.294 e. The molecule has 4 nitrogen and oxygen atoms in total. The van der Waals surface area contributed by atoms with Crippen LogP contribution in [0.15, 0.2) is 18.3 Å². The monoisotopic (exact) mass is 313 g/mol. The molecule has 0 unspecified atom stereocenters. The quantitative estimate of drug-likeness (QED) is 0.813. The Morgan fingerprint density at radius 1 is 1.41 bits per heavy atom. The molecule has 0 N–H and O–H groups in total. The Hall–Kier alpha value is -1.59. The van der Waals surface area contributed by atoms with Gasteiger partial charge in [0.15, 0.2) is 5.78 Å². The summed E-state index contributed by atoms with van der Waals surface area (Å²) in [5.74, 6) is 1.83. The third kappa shape index (κ3) is 2.83. The van der Waals surface area contributed by atoms with Crippen LogP contribution in [-0.4, -0.2) is 27.2 Å². The van der Waals surface area contributed by atoms with Crippen LogP contribution in [0.4, 0.5) is 0 Å². The molecule has 1 fully saturated rings. The Bertz CT molecular complexity index is 720. The van der Waals surface area contributed by atoms with Gasteiger partial charge < -0.3 is 0 Å². The second-order valence-corrected chi connectivity index (χ2v) is 7.43. The molecule has 2 aliphatic rings. The lowest BCUT2D eigenvalue weighted by molar-refractivity contribution is 0.102. The van der Waals surface area contributed by atoms with Crippen molar-refractivity contribution in [1.29, 1.82) is 0 Å². The molecule has 2 aromatic rings. The maximum atomic E-state index is 11.4. The van der Waals surface area contributed by atoms with Gasteiger partial charge in [-0.25, -0.2) is 9.97 Å². The summed E-state index contributed by atoms with van der Waals surface area (Å²) in [4.78, 5) is 25.2. The number of carbonyl (C=O) groups is 1. The van der Waals surface area contributed by atoms with Gasteiger partial charge in [0.25, 0.3) is 0 Å². The molecule has 4 rings (SSSR count). The Balaban J connectivity index is 1.45. The van der Waals surface area contributed by atoms with Gasteiger partial charge in [-0.05, 0) is 31.9 Å². The predicted octanol–water partition coefficient (Wildman–Crippen LogP) is 3.18. The number of Topliss-reactive ketones (excluding diaryl/α,β-unsaturated/α-hetero) is 1. The van der Waals surface area contributed by atoms with Crippen molar-refractivity contribution in [2.24, 2.45) is 0 Å². The van der Waals surface area contributed by atoms with Crippen molar-refractivity contribution in [3.8, 4) is 0 Å². The van der Waals surface area contributed by atoms with Crippen molar-refractivity contribution in [3.63, 3.8) is 0 Å². The Morgan fingerprint density at radius 3 is 3.00 bits per heavy atom. The van der Waals surface area contributed by atoms with Crippen LogP contribution in [0, 0.1) is 0 Å². The molecule has 1 saturated carbocycles. The highest BCUT2D eigenvalue weighted by molar-refractivity contribution is 7.14. The van der Waals surface area contributed by atoms with Crippen molar-refractivity contribution in [2.45, 2.75) is 45.2 Å². The van der Waals surface area contributed by atoms with Gasteiger partial charge in [-0.2, -0.15) is 0 Å². The van der Waals surface area contributed by atoms with Crippen molar-refractivity contribution in [1.82, 2.24) is 14.9 Å². The lowest BCUT2D eigenvalue weighted by Crippen LogP contribution is -2.30. The third-order valence-corrected chi connectivity index (χ3v) is 5.53. The average molecular weight is 313 g/mol. The zero-order valence-corrected chi connectivity index (χ0v) is 13.5. The number of nitrogens with zero attached hydrogens (tertiary/aromatic N) is 3. The van der Waals surface area contributed by atoms with Gasteiger partial charge in [-0.15, -0.1) is 11.3 Å². The van der Waals surface area contributed by atoms with Crippen LogP contribution < -0.4 is 0 Å². The lowest BCUT2D eigenvalue weighted by atomic mass is 10.1. The fraction of sp³-hybridized carbons (Fsp3) is 0.471. The number of aromatic nitrogens is 2. The molecule has 114 valence electrons. The van der Waals surface area contributed by atoms with Crippen molar-refractivity contribution >= 4 is 17.1 Å². The summed E-state index contributed by atoms with van der Waals surface area (Å²) < 4.78 is 0. The summed E-state index contributed by atoms with van der Waals surface area (Å²) in [7, 11) is 0. The van der Waals surface area contributed by atoms with Crippen LogP contribution in [-0.2, 0) is 19.5 Å². The Kier molecular flexibility index (Phi) is 3.54. The van der Waals surface area contributed by atoms with Crippen LogP contribution >= 0.6 is 11.3 Å². The largest absolute Gasteiger partial charge is 0.294 e. The first-order chi connectivity index (χ1) is 10.7. The molecule has 0 amide bonds. The molecule has 3 heterocycles. The zero-order valence-electron chi connectivity index (χ0n) is 12.7. The maximum Gasteiger partial charge on any atom is 0.169 e. The molecule has 0 saturated heterocycles. The van der Waals surface area contributed by atoms with Gasteiger partial charge in [-0.3, -0.25) is 9.69 Å². The van der Waals surface area contributed by atoms with Gasteiger partial charge in [0.2, 0.25) is 0 Å². The van der Waals surface area contributed by atoms with E-state index >= 15 is 0 Å². The molecule has 0 atom stereocenters. The molecular formula is C17H19N3OS. The van der Waals surface area contributed by atoms with E-state index in [0.29, 0.717) is 5.92 Å². The van der Waals surface area contributed by atoms with Crippen molar-refractivity contribution in [3.05, 3.63) is 45.2 Å². The van der Waals surface area contributed by atoms with E-state index < -0.39 is 0 Å². The number of hydrogen-bond acceptors (Lipinski definition) is 5. The maximum absolute atomic E-state index is 11.4. The normalized spacial score (nSPS) is 18.2. The van der Waals surface area contributed by atoms with E-state index in [2.05, 4.69) is 16.0 Å². The summed E-state index contributed by atoms with van der Waals surface area (Å²) in [6.45, 7) is 4.47. The molecular weight excluding hydrogens is 294 g/mol. The molecule has 2 aromatic heterocycles. The second-order valence-electron chi connectivity index (χ2n) is 6.26. The zero-order chi connectivity index (χ0) is 15.1. The number of rotatable bonds is 4. The molecule has 1 aliphatic carbocycles. The number of carbonyl (C=O) groups excluding carboxylic acids is 1.